The molecule has 1 aromatic carbocycles. The first-order valence-electron chi connectivity index (χ1n) is 5.44. The zero-order valence-electron chi connectivity index (χ0n) is 10.4. The molecule has 0 fully saturated rings. The average Bonchev–Trinajstić information content (AvgIpc) is 2.28. The van der Waals surface area contributed by atoms with Crippen LogP contribution >= 0.6 is 27.7 Å². The highest BCUT2D eigenvalue weighted by molar-refractivity contribution is 9.00. The van der Waals surface area contributed by atoms with Crippen molar-refractivity contribution in [3.8, 4) is 0 Å². The van der Waals surface area contributed by atoms with Crippen molar-refractivity contribution in [3.63, 3.8) is 0 Å². The van der Waals surface area contributed by atoms with Crippen LogP contribution in [0.25, 0.3) is 0 Å². The number of benzene rings is 1. The van der Waals surface area contributed by atoms with E-state index in [-0.39, 0.29) is 4.90 Å². The Hall–Kier alpha value is 0.380. The minimum absolute atomic E-state index is 0.135. The van der Waals surface area contributed by atoms with Gasteiger partial charge in [0.15, 0.2) is 0 Å². The Morgan fingerprint density at radius 3 is 2.11 bits per heavy atom. The normalized spacial score (nSPS) is 12.6. The van der Waals surface area contributed by atoms with Crippen LogP contribution in [0.5, 0.6) is 0 Å². The summed E-state index contributed by atoms with van der Waals surface area (Å²) in [5, 5.41) is 0.470. The molecule has 1 rings (SSSR count). The van der Waals surface area contributed by atoms with Gasteiger partial charge in [0, 0.05) is 5.02 Å². The van der Waals surface area contributed by atoms with Gasteiger partial charge in [0.2, 0.25) is 8.87 Å². The van der Waals surface area contributed by atoms with Crippen LogP contribution in [0.3, 0.4) is 0 Å². The van der Waals surface area contributed by atoms with Gasteiger partial charge in [-0.1, -0.05) is 11.6 Å². The molecule has 0 heterocycles. The molecule has 0 N–H and O–H groups in total. The number of rotatable bonds is 7. The fourth-order valence-corrected chi connectivity index (χ4v) is 11.6. The van der Waals surface area contributed by atoms with E-state index in [1.165, 1.54) is 24.3 Å². The highest BCUT2D eigenvalue weighted by Gasteiger charge is 2.29. The summed E-state index contributed by atoms with van der Waals surface area (Å²) in [6, 6.07) is 5.89. The zero-order valence-corrected chi connectivity index (χ0v) is 14.5. The second-order valence-electron chi connectivity index (χ2n) is 3.27. The summed E-state index contributed by atoms with van der Waals surface area (Å²) in [6.07, 6.45) is 0. The van der Waals surface area contributed by atoms with Gasteiger partial charge in [0.1, 0.15) is 0 Å². The van der Waals surface area contributed by atoms with Crippen molar-refractivity contribution in [3.05, 3.63) is 29.3 Å². The molecule has 1 aromatic rings. The number of hydrogen-bond acceptors (Lipinski definition) is 6. The van der Waals surface area contributed by atoms with Crippen molar-refractivity contribution >= 4 is 48.4 Å². The molecular weight excluding hydrogens is 347 g/mol. The molecule has 0 atom stereocenters. The van der Waals surface area contributed by atoms with Gasteiger partial charge in [0.25, 0.3) is 5.69 Å². The van der Waals surface area contributed by atoms with Crippen LogP contribution in [0.4, 0.5) is 0 Å². The predicted molar refractivity (Wildman–Crippen MR) is 83.8 cm³/mol. The molecule has 0 radical (unpaired) electrons. The van der Waals surface area contributed by atoms with Gasteiger partial charge in [-0.3, -0.25) is 0 Å². The third-order valence-electron chi connectivity index (χ3n) is 1.87. The minimum atomic E-state index is -3.63. The van der Waals surface area contributed by atoms with Crippen molar-refractivity contribution in [2.24, 2.45) is 0 Å². The van der Waals surface area contributed by atoms with Crippen molar-refractivity contribution < 1.29 is 17.5 Å². The molecule has 0 saturated carbocycles. The standard InChI is InChI=1S/C10H14ClO4PS3/c1-3-14-16(17,15-4-2)18-19(12,13)10-7-5-9(11)6-8-10/h5-8H,3-4H2,1-2H3. The molecule has 0 aromatic heterocycles. The highest BCUT2D eigenvalue weighted by atomic mass is 35.5. The maximum atomic E-state index is 12.2. The summed E-state index contributed by atoms with van der Waals surface area (Å²) >= 11 is 10.9. The summed E-state index contributed by atoms with van der Waals surface area (Å²) in [6.45, 7) is 4.10. The van der Waals surface area contributed by atoms with E-state index in [0.29, 0.717) is 28.7 Å². The molecular formula is C10H14ClO4PS3. The molecule has 9 heteroatoms. The highest BCUT2D eigenvalue weighted by Crippen LogP contribution is 2.64. The second kappa shape index (κ2) is 7.41. The van der Waals surface area contributed by atoms with Gasteiger partial charge in [-0.25, -0.2) is 8.42 Å². The molecule has 0 saturated heterocycles. The molecule has 108 valence electrons. The number of hydrogen-bond donors (Lipinski definition) is 0. The Balaban J connectivity index is 3.00. The number of halogens is 1. The first-order chi connectivity index (χ1) is 8.83. The van der Waals surface area contributed by atoms with E-state index in [1.54, 1.807) is 13.8 Å². The molecule has 0 amide bonds. The van der Waals surface area contributed by atoms with Gasteiger partial charge in [0.05, 0.1) is 28.5 Å². The van der Waals surface area contributed by atoms with Crippen molar-refractivity contribution in [2.45, 2.75) is 18.7 Å². The van der Waals surface area contributed by atoms with Gasteiger partial charge in [-0.05, 0) is 49.9 Å². The van der Waals surface area contributed by atoms with E-state index < -0.39 is 14.6 Å². The molecule has 0 aliphatic heterocycles. The Labute approximate surface area is 127 Å². The first kappa shape index (κ1) is 17.4. The van der Waals surface area contributed by atoms with E-state index in [0.717, 1.165) is 0 Å². The summed E-state index contributed by atoms with van der Waals surface area (Å²) < 4.78 is 35.1. The lowest BCUT2D eigenvalue weighted by Gasteiger charge is -2.19. The first-order valence-corrected chi connectivity index (χ1v) is 11.9. The van der Waals surface area contributed by atoms with Crippen LogP contribution in [0.1, 0.15) is 13.8 Å². The Bertz CT molecular complexity index is 549. The average molecular weight is 361 g/mol. The van der Waals surface area contributed by atoms with Crippen LogP contribution in [0.15, 0.2) is 29.2 Å². The molecule has 0 aliphatic carbocycles. The molecule has 19 heavy (non-hydrogen) atoms. The Kier molecular flexibility index (Phi) is 6.79. The summed E-state index contributed by atoms with van der Waals surface area (Å²) in [5.41, 5.74) is -2.89. The van der Waals surface area contributed by atoms with E-state index in [4.69, 9.17) is 32.5 Å². The predicted octanol–water partition coefficient (Wildman–Crippen LogP) is 4.06. The van der Waals surface area contributed by atoms with Crippen molar-refractivity contribution in [1.82, 2.24) is 0 Å². The molecule has 0 bridgehead atoms. The third-order valence-corrected chi connectivity index (χ3v) is 12.5. The fourth-order valence-electron chi connectivity index (χ4n) is 1.16. The Morgan fingerprint density at radius 1 is 1.21 bits per heavy atom. The maximum absolute atomic E-state index is 12.2. The molecule has 0 unspecified atom stereocenters. The quantitative estimate of drug-likeness (QED) is 0.540. The van der Waals surface area contributed by atoms with Crippen LogP contribution in [-0.2, 0) is 29.7 Å². The lowest BCUT2D eigenvalue weighted by atomic mass is 10.4. The van der Waals surface area contributed by atoms with E-state index >= 15 is 0 Å². The lowest BCUT2D eigenvalue weighted by molar-refractivity contribution is 0.281. The lowest BCUT2D eigenvalue weighted by Crippen LogP contribution is -1.99. The fraction of sp³-hybridized carbons (Fsp3) is 0.400. The monoisotopic (exact) mass is 360 g/mol. The van der Waals surface area contributed by atoms with Crippen LogP contribution in [-0.4, -0.2) is 21.6 Å². The van der Waals surface area contributed by atoms with Gasteiger partial charge in [-0.15, -0.1) is 0 Å². The SMILES string of the molecule is CCOP(=S)(OCC)SS(=O)(=O)c1ccc(Cl)cc1. The van der Waals surface area contributed by atoms with Gasteiger partial charge >= 0.3 is 0 Å². The van der Waals surface area contributed by atoms with Crippen molar-refractivity contribution in [2.75, 3.05) is 13.2 Å². The Morgan fingerprint density at radius 2 is 1.68 bits per heavy atom. The van der Waals surface area contributed by atoms with Gasteiger partial charge in [-0.2, -0.15) is 0 Å². The van der Waals surface area contributed by atoms with E-state index in [1.807, 2.05) is 0 Å². The summed E-state index contributed by atoms with van der Waals surface area (Å²) in [4.78, 5) is 0.135. The molecule has 0 spiro atoms. The largest absolute Gasteiger partial charge is 0.321 e. The molecule has 0 aliphatic rings. The minimum Gasteiger partial charge on any atom is -0.321 e. The van der Waals surface area contributed by atoms with Crippen LogP contribution in [0, 0.1) is 0 Å². The summed E-state index contributed by atoms with van der Waals surface area (Å²) in [5.74, 6) is 0. The van der Waals surface area contributed by atoms with Crippen LogP contribution < -0.4 is 0 Å². The smallest absolute Gasteiger partial charge is 0.262 e. The topological polar surface area (TPSA) is 52.6 Å². The maximum Gasteiger partial charge on any atom is 0.262 e. The van der Waals surface area contributed by atoms with Gasteiger partial charge < -0.3 is 9.05 Å². The summed E-state index contributed by atoms with van der Waals surface area (Å²) in [7, 11) is -3.06. The molecule has 4 nitrogen and oxygen atoms in total. The zero-order chi connectivity index (χ0) is 14.5. The third kappa shape index (κ3) is 5.34. The van der Waals surface area contributed by atoms with Crippen LogP contribution in [0.2, 0.25) is 5.02 Å². The van der Waals surface area contributed by atoms with E-state index in [9.17, 15) is 8.42 Å². The second-order valence-corrected chi connectivity index (χ2v) is 13.3. The van der Waals surface area contributed by atoms with Crippen molar-refractivity contribution in [1.29, 1.82) is 0 Å². The van der Waals surface area contributed by atoms with E-state index in [2.05, 4.69) is 0 Å².